The molecule has 0 atom stereocenters. The van der Waals surface area contributed by atoms with E-state index >= 15 is 0 Å². The SMILES string of the molecule is CC(=O)N1CSC(NC(=O)Cc2noc3ccccc23)=N1. The molecule has 0 fully saturated rings. The van der Waals surface area contributed by atoms with Crippen molar-refractivity contribution in [1.29, 1.82) is 0 Å². The normalized spacial score (nSPS) is 14.3. The number of thioether (sulfide) groups is 1. The van der Waals surface area contributed by atoms with E-state index in [2.05, 4.69) is 15.6 Å². The average molecular weight is 304 g/mol. The Morgan fingerprint density at radius 2 is 2.24 bits per heavy atom. The summed E-state index contributed by atoms with van der Waals surface area (Å²) in [4.78, 5) is 23.1. The highest BCUT2D eigenvalue weighted by atomic mass is 32.2. The molecule has 2 heterocycles. The number of carbonyl (C=O) groups excluding carboxylic acids is 2. The summed E-state index contributed by atoms with van der Waals surface area (Å²) in [5.74, 6) is 0.0117. The second kappa shape index (κ2) is 5.57. The van der Waals surface area contributed by atoms with Crippen molar-refractivity contribution in [1.82, 2.24) is 15.5 Å². The minimum atomic E-state index is -0.245. The maximum absolute atomic E-state index is 12.0. The summed E-state index contributed by atoms with van der Waals surface area (Å²) >= 11 is 1.30. The lowest BCUT2D eigenvalue weighted by molar-refractivity contribution is -0.127. The van der Waals surface area contributed by atoms with Gasteiger partial charge in [0.1, 0.15) is 5.69 Å². The summed E-state index contributed by atoms with van der Waals surface area (Å²) in [6, 6.07) is 7.36. The van der Waals surface area contributed by atoms with E-state index in [1.165, 1.54) is 23.7 Å². The number of hydrogen-bond acceptors (Lipinski definition) is 6. The smallest absolute Gasteiger partial charge is 0.240 e. The molecule has 0 saturated heterocycles. The molecule has 2 amide bonds. The van der Waals surface area contributed by atoms with Gasteiger partial charge in [-0.15, -0.1) is 5.10 Å². The van der Waals surface area contributed by atoms with Gasteiger partial charge in [-0.05, 0) is 12.1 Å². The minimum absolute atomic E-state index is 0.0939. The quantitative estimate of drug-likeness (QED) is 0.903. The van der Waals surface area contributed by atoms with Gasteiger partial charge in [0.15, 0.2) is 10.8 Å². The molecule has 8 heteroatoms. The lowest BCUT2D eigenvalue weighted by Gasteiger charge is -2.04. The van der Waals surface area contributed by atoms with Crippen LogP contribution in [-0.4, -0.2) is 33.0 Å². The molecule has 2 aromatic rings. The predicted octanol–water partition coefficient (Wildman–Crippen LogP) is 1.31. The highest BCUT2D eigenvalue weighted by molar-refractivity contribution is 8.14. The van der Waals surface area contributed by atoms with Crippen LogP contribution in [0.1, 0.15) is 12.6 Å². The number of rotatable bonds is 2. The Morgan fingerprint density at radius 1 is 1.43 bits per heavy atom. The standard InChI is InChI=1S/C13H12N4O3S/c1-8(18)17-7-21-13(15-17)14-12(19)6-10-9-4-2-3-5-11(9)20-16-10/h2-5H,6-7H2,1H3,(H,14,15,19). The van der Waals surface area contributed by atoms with Crippen LogP contribution in [0.3, 0.4) is 0 Å². The Bertz CT molecular complexity index is 740. The molecule has 0 radical (unpaired) electrons. The number of fused-ring (bicyclic) bond motifs is 1. The summed E-state index contributed by atoms with van der Waals surface area (Å²) in [5.41, 5.74) is 1.23. The molecular formula is C13H12N4O3S. The van der Waals surface area contributed by atoms with Crippen LogP contribution in [0.15, 0.2) is 33.9 Å². The summed E-state index contributed by atoms with van der Waals surface area (Å²) in [7, 11) is 0. The average Bonchev–Trinajstić information content (AvgIpc) is 3.07. The summed E-state index contributed by atoms with van der Waals surface area (Å²) in [6.45, 7) is 1.43. The van der Waals surface area contributed by atoms with E-state index in [-0.39, 0.29) is 18.2 Å². The molecule has 1 aliphatic rings. The van der Waals surface area contributed by atoms with E-state index in [1.54, 1.807) is 6.07 Å². The fourth-order valence-electron chi connectivity index (χ4n) is 1.89. The third-order valence-corrected chi connectivity index (χ3v) is 3.76. The molecule has 3 rings (SSSR count). The Kier molecular flexibility index (Phi) is 3.61. The van der Waals surface area contributed by atoms with E-state index < -0.39 is 0 Å². The highest BCUT2D eigenvalue weighted by Gasteiger charge is 2.20. The molecule has 108 valence electrons. The number of amidine groups is 1. The number of aromatic nitrogens is 1. The molecule has 0 bridgehead atoms. The maximum atomic E-state index is 12.0. The Balaban J connectivity index is 1.67. The Hall–Kier alpha value is -2.35. The van der Waals surface area contributed by atoms with Crippen LogP contribution in [-0.2, 0) is 16.0 Å². The first-order valence-corrected chi connectivity index (χ1v) is 7.24. The maximum Gasteiger partial charge on any atom is 0.240 e. The van der Waals surface area contributed by atoms with Crippen LogP contribution in [0.2, 0.25) is 0 Å². The van der Waals surface area contributed by atoms with E-state index in [4.69, 9.17) is 4.52 Å². The number of para-hydroxylation sites is 1. The highest BCUT2D eigenvalue weighted by Crippen LogP contribution is 2.19. The zero-order chi connectivity index (χ0) is 14.8. The fraction of sp³-hybridized carbons (Fsp3) is 0.231. The molecule has 0 saturated carbocycles. The van der Waals surface area contributed by atoms with Gasteiger partial charge in [0.25, 0.3) is 0 Å². The first-order valence-electron chi connectivity index (χ1n) is 6.26. The first-order chi connectivity index (χ1) is 10.1. The van der Waals surface area contributed by atoms with Gasteiger partial charge < -0.3 is 9.84 Å². The summed E-state index contributed by atoms with van der Waals surface area (Å²) in [6.07, 6.45) is 0.0939. The molecule has 1 N–H and O–H groups in total. The van der Waals surface area contributed by atoms with Crippen LogP contribution in [0.4, 0.5) is 0 Å². The van der Waals surface area contributed by atoms with Gasteiger partial charge in [0.05, 0.1) is 12.3 Å². The minimum Gasteiger partial charge on any atom is -0.356 e. The number of nitrogens with zero attached hydrogens (tertiary/aromatic N) is 3. The van der Waals surface area contributed by atoms with Crippen molar-refractivity contribution < 1.29 is 14.1 Å². The van der Waals surface area contributed by atoms with Crippen molar-refractivity contribution in [2.75, 3.05) is 5.88 Å². The van der Waals surface area contributed by atoms with Crippen molar-refractivity contribution in [3.8, 4) is 0 Å². The second-order valence-corrected chi connectivity index (χ2v) is 5.38. The lowest BCUT2D eigenvalue weighted by atomic mass is 10.2. The van der Waals surface area contributed by atoms with Crippen molar-refractivity contribution >= 4 is 39.7 Å². The predicted molar refractivity (Wildman–Crippen MR) is 78.3 cm³/mol. The van der Waals surface area contributed by atoms with Crippen molar-refractivity contribution in [2.24, 2.45) is 5.10 Å². The van der Waals surface area contributed by atoms with E-state index in [0.29, 0.717) is 22.3 Å². The fourth-order valence-corrected chi connectivity index (χ4v) is 2.72. The summed E-state index contributed by atoms with van der Waals surface area (Å²) in [5, 5.41) is 13.1. The number of amides is 2. The molecule has 0 spiro atoms. The molecule has 7 nitrogen and oxygen atoms in total. The molecular weight excluding hydrogens is 292 g/mol. The third-order valence-electron chi connectivity index (χ3n) is 2.93. The largest absolute Gasteiger partial charge is 0.356 e. The first kappa shape index (κ1) is 13.6. The zero-order valence-corrected chi connectivity index (χ0v) is 12.0. The van der Waals surface area contributed by atoms with E-state index in [0.717, 1.165) is 5.39 Å². The van der Waals surface area contributed by atoms with Gasteiger partial charge in [0, 0.05) is 12.3 Å². The third kappa shape index (κ3) is 2.89. The molecule has 0 aliphatic carbocycles. The van der Waals surface area contributed by atoms with Gasteiger partial charge >= 0.3 is 0 Å². The zero-order valence-electron chi connectivity index (χ0n) is 11.2. The van der Waals surface area contributed by atoms with Crippen molar-refractivity contribution in [3.05, 3.63) is 30.0 Å². The van der Waals surface area contributed by atoms with Crippen LogP contribution >= 0.6 is 11.8 Å². The van der Waals surface area contributed by atoms with Gasteiger partial charge in [-0.3, -0.25) is 9.59 Å². The second-order valence-electron chi connectivity index (χ2n) is 4.45. The topological polar surface area (TPSA) is 87.8 Å². The number of carbonyl (C=O) groups is 2. The number of hydrogen-bond donors (Lipinski definition) is 1. The van der Waals surface area contributed by atoms with Crippen LogP contribution in [0.5, 0.6) is 0 Å². The van der Waals surface area contributed by atoms with E-state index in [1.807, 2.05) is 18.2 Å². The Morgan fingerprint density at radius 3 is 3.00 bits per heavy atom. The van der Waals surface area contributed by atoms with Crippen LogP contribution < -0.4 is 5.32 Å². The molecule has 0 unspecified atom stereocenters. The van der Waals surface area contributed by atoms with Crippen molar-refractivity contribution in [3.63, 3.8) is 0 Å². The van der Waals surface area contributed by atoms with Crippen molar-refractivity contribution in [2.45, 2.75) is 13.3 Å². The van der Waals surface area contributed by atoms with Gasteiger partial charge in [-0.25, -0.2) is 5.01 Å². The molecule has 1 aliphatic heterocycles. The van der Waals surface area contributed by atoms with Gasteiger partial charge in [-0.1, -0.05) is 29.1 Å². The number of nitrogens with one attached hydrogen (secondary N) is 1. The van der Waals surface area contributed by atoms with Crippen LogP contribution in [0, 0.1) is 0 Å². The Labute approximate surface area is 124 Å². The molecule has 1 aromatic heterocycles. The number of benzene rings is 1. The van der Waals surface area contributed by atoms with Gasteiger partial charge in [-0.2, -0.15) is 0 Å². The van der Waals surface area contributed by atoms with Crippen LogP contribution in [0.25, 0.3) is 11.0 Å². The summed E-state index contributed by atoms with van der Waals surface area (Å²) < 4.78 is 5.15. The van der Waals surface area contributed by atoms with E-state index in [9.17, 15) is 9.59 Å². The number of hydrazone groups is 1. The monoisotopic (exact) mass is 304 g/mol. The molecule has 21 heavy (non-hydrogen) atoms. The molecule has 1 aromatic carbocycles. The lowest BCUT2D eigenvalue weighted by Crippen LogP contribution is -2.29. The van der Waals surface area contributed by atoms with Gasteiger partial charge in [0.2, 0.25) is 11.8 Å².